The van der Waals surface area contributed by atoms with E-state index in [1.54, 1.807) is 11.8 Å². The minimum absolute atomic E-state index is 0.00598. The summed E-state index contributed by atoms with van der Waals surface area (Å²) >= 11 is 3.71. The highest BCUT2D eigenvalue weighted by atomic mass is 127. The zero-order valence-corrected chi connectivity index (χ0v) is 13.3. The molecule has 1 saturated heterocycles. The van der Waals surface area contributed by atoms with Gasteiger partial charge in [0, 0.05) is 11.2 Å². The van der Waals surface area contributed by atoms with Crippen LogP contribution in [0.5, 0.6) is 0 Å². The zero-order valence-electron chi connectivity index (χ0n) is 10.3. The third-order valence-corrected chi connectivity index (χ3v) is 3.98. The van der Waals surface area contributed by atoms with Crippen LogP contribution in [0.25, 0.3) is 0 Å². The van der Waals surface area contributed by atoms with E-state index in [0.29, 0.717) is 6.42 Å². The molecule has 1 aliphatic heterocycles. The van der Waals surface area contributed by atoms with E-state index >= 15 is 0 Å². The highest BCUT2D eigenvalue weighted by molar-refractivity contribution is 14.1. The van der Waals surface area contributed by atoms with Crippen molar-refractivity contribution < 1.29 is 9.59 Å². The number of amides is 2. The molecular weight excluding hydrogens is 337 g/mol. The summed E-state index contributed by atoms with van der Waals surface area (Å²) in [6.07, 6.45) is 0.340. The number of carbonyl (C=O) groups is 2. The van der Waals surface area contributed by atoms with Gasteiger partial charge < -0.3 is 0 Å². The van der Waals surface area contributed by atoms with Gasteiger partial charge in [0.1, 0.15) is 0 Å². The number of hydrogen-bond donors (Lipinski definition) is 0. The number of thioether (sulfide) groups is 1. The first kappa shape index (κ1) is 14.3. The second kappa shape index (κ2) is 4.48. The minimum Gasteiger partial charge on any atom is -0.274 e. The van der Waals surface area contributed by atoms with E-state index in [0.717, 1.165) is 0 Å². The molecule has 5 heteroatoms. The standard InChI is InChI=1S/C11H18INO2S/c1-10(2,3)16-7-6-8(14)13(9(7)15)11(4,5)12/h7H,6H2,1-5H3. The molecule has 1 heterocycles. The summed E-state index contributed by atoms with van der Waals surface area (Å²) in [7, 11) is 0. The number of nitrogens with zero attached hydrogens (tertiary/aromatic N) is 1. The van der Waals surface area contributed by atoms with E-state index in [9.17, 15) is 9.59 Å². The molecule has 0 spiro atoms. The first-order valence-corrected chi connectivity index (χ1v) is 7.22. The number of hydrogen-bond acceptors (Lipinski definition) is 3. The van der Waals surface area contributed by atoms with Crippen LogP contribution < -0.4 is 0 Å². The van der Waals surface area contributed by atoms with Crippen LogP contribution in [0.4, 0.5) is 0 Å². The number of halogens is 1. The topological polar surface area (TPSA) is 37.4 Å². The van der Waals surface area contributed by atoms with Gasteiger partial charge in [-0.25, -0.2) is 0 Å². The van der Waals surface area contributed by atoms with Crippen molar-refractivity contribution in [2.75, 3.05) is 0 Å². The van der Waals surface area contributed by atoms with Crippen molar-refractivity contribution in [1.29, 1.82) is 0 Å². The van der Waals surface area contributed by atoms with E-state index < -0.39 is 3.55 Å². The number of likely N-dealkylation sites (tertiary alicyclic amines) is 1. The van der Waals surface area contributed by atoms with Crippen LogP contribution in [0.15, 0.2) is 0 Å². The van der Waals surface area contributed by atoms with Gasteiger partial charge in [-0.3, -0.25) is 14.5 Å². The molecule has 1 rings (SSSR count). The Morgan fingerprint density at radius 1 is 1.25 bits per heavy atom. The molecule has 2 amide bonds. The molecular formula is C11H18INO2S. The largest absolute Gasteiger partial charge is 0.274 e. The van der Waals surface area contributed by atoms with Crippen molar-refractivity contribution in [3.05, 3.63) is 0 Å². The van der Waals surface area contributed by atoms with Gasteiger partial charge in [0.15, 0.2) is 0 Å². The van der Waals surface area contributed by atoms with Crippen molar-refractivity contribution in [2.45, 2.75) is 54.6 Å². The third-order valence-electron chi connectivity index (χ3n) is 2.13. The molecule has 0 radical (unpaired) electrons. The summed E-state index contributed by atoms with van der Waals surface area (Å²) in [5, 5.41) is -0.207. The minimum atomic E-state index is -0.431. The number of carbonyl (C=O) groups excluding carboxylic acids is 2. The Bertz CT molecular complexity index is 317. The molecule has 16 heavy (non-hydrogen) atoms. The maximum atomic E-state index is 12.1. The number of alkyl halides is 1. The monoisotopic (exact) mass is 355 g/mol. The van der Waals surface area contributed by atoms with Crippen LogP contribution in [-0.2, 0) is 9.59 Å². The summed E-state index contributed by atoms with van der Waals surface area (Å²) in [5.41, 5.74) is 0. The Hall–Kier alpha value is 0.220. The van der Waals surface area contributed by atoms with Gasteiger partial charge in [0.2, 0.25) is 11.8 Å². The van der Waals surface area contributed by atoms with Crippen molar-refractivity contribution in [3.8, 4) is 0 Å². The highest BCUT2D eigenvalue weighted by Crippen LogP contribution is 2.38. The van der Waals surface area contributed by atoms with Crippen LogP contribution >= 0.6 is 34.4 Å². The van der Waals surface area contributed by atoms with E-state index in [1.165, 1.54) is 4.90 Å². The number of rotatable bonds is 2. The van der Waals surface area contributed by atoms with Gasteiger partial charge in [-0.05, 0) is 13.8 Å². The molecule has 0 N–H and O–H groups in total. The lowest BCUT2D eigenvalue weighted by Gasteiger charge is -2.29. The molecule has 0 aromatic heterocycles. The highest BCUT2D eigenvalue weighted by Gasteiger charge is 2.46. The fraction of sp³-hybridized carbons (Fsp3) is 0.818. The second-order valence-corrected chi connectivity index (χ2v) is 10.1. The lowest BCUT2D eigenvalue weighted by atomic mass is 10.3. The quantitative estimate of drug-likeness (QED) is 0.331. The second-order valence-electron chi connectivity index (χ2n) is 5.40. The first-order valence-electron chi connectivity index (χ1n) is 5.26. The average Bonchev–Trinajstić information content (AvgIpc) is 2.21. The summed E-state index contributed by atoms with van der Waals surface area (Å²) in [4.78, 5) is 25.3. The van der Waals surface area contributed by atoms with Crippen LogP contribution in [-0.4, -0.2) is 30.3 Å². The van der Waals surface area contributed by atoms with E-state index in [2.05, 4.69) is 43.4 Å². The van der Waals surface area contributed by atoms with Gasteiger partial charge in [-0.1, -0.05) is 43.4 Å². The van der Waals surface area contributed by atoms with Crippen LogP contribution in [0.1, 0.15) is 41.0 Å². The van der Waals surface area contributed by atoms with Gasteiger partial charge in [-0.2, -0.15) is 0 Å². The fourth-order valence-corrected chi connectivity index (χ4v) is 3.47. The van der Waals surface area contributed by atoms with E-state index in [4.69, 9.17) is 0 Å². The molecule has 0 saturated carbocycles. The van der Waals surface area contributed by atoms with Crippen LogP contribution in [0.3, 0.4) is 0 Å². The normalized spacial score (nSPS) is 23.1. The molecule has 1 fully saturated rings. The predicted octanol–water partition coefficient (Wildman–Crippen LogP) is 2.82. The maximum absolute atomic E-state index is 12.1. The summed E-state index contributed by atoms with van der Waals surface area (Å²) in [6, 6.07) is 0. The molecule has 1 unspecified atom stereocenters. The summed E-state index contributed by atoms with van der Waals surface area (Å²) in [6.45, 7) is 9.95. The Balaban J connectivity index is 2.83. The van der Waals surface area contributed by atoms with Crippen molar-refractivity contribution in [3.63, 3.8) is 0 Å². The van der Waals surface area contributed by atoms with E-state index in [1.807, 2.05) is 13.8 Å². The molecule has 0 aliphatic carbocycles. The molecule has 0 bridgehead atoms. The third kappa shape index (κ3) is 3.35. The van der Waals surface area contributed by atoms with Crippen molar-refractivity contribution in [1.82, 2.24) is 4.90 Å². The molecule has 0 aromatic carbocycles. The Kier molecular flexibility index (Phi) is 4.00. The van der Waals surface area contributed by atoms with E-state index in [-0.39, 0.29) is 21.8 Å². The SMILES string of the molecule is CC(C)(C)SC1CC(=O)N(C(C)(C)I)C1=O. The Morgan fingerprint density at radius 3 is 2.06 bits per heavy atom. The van der Waals surface area contributed by atoms with Gasteiger partial charge in [0.05, 0.1) is 8.80 Å². The molecule has 92 valence electrons. The smallest absolute Gasteiger partial charge is 0.243 e. The Morgan fingerprint density at radius 2 is 1.75 bits per heavy atom. The summed E-state index contributed by atoms with van der Waals surface area (Å²) in [5.74, 6) is -0.0875. The zero-order chi connectivity index (χ0) is 12.7. The fourth-order valence-electron chi connectivity index (χ4n) is 1.68. The molecule has 1 aliphatic rings. The van der Waals surface area contributed by atoms with Crippen LogP contribution in [0, 0.1) is 0 Å². The van der Waals surface area contributed by atoms with Gasteiger partial charge in [-0.15, -0.1) is 11.8 Å². The average molecular weight is 355 g/mol. The predicted molar refractivity (Wildman–Crippen MR) is 75.7 cm³/mol. The summed E-state index contributed by atoms with van der Waals surface area (Å²) < 4.78 is -0.425. The molecule has 1 atom stereocenters. The number of imide groups is 1. The maximum Gasteiger partial charge on any atom is 0.243 e. The van der Waals surface area contributed by atoms with Gasteiger partial charge in [0.25, 0.3) is 0 Å². The lowest BCUT2D eigenvalue weighted by Crippen LogP contribution is -2.44. The first-order chi connectivity index (χ1) is 7.02. The van der Waals surface area contributed by atoms with Crippen molar-refractivity contribution >= 4 is 46.2 Å². The lowest BCUT2D eigenvalue weighted by molar-refractivity contribution is -0.140. The van der Waals surface area contributed by atoms with Crippen LogP contribution in [0.2, 0.25) is 0 Å². The molecule has 0 aromatic rings. The van der Waals surface area contributed by atoms with Crippen molar-refractivity contribution in [2.24, 2.45) is 0 Å². The Labute approximate surface area is 115 Å². The molecule has 3 nitrogen and oxygen atoms in total. The van der Waals surface area contributed by atoms with Gasteiger partial charge >= 0.3 is 0 Å².